The van der Waals surface area contributed by atoms with Gasteiger partial charge in [0.05, 0.1) is 5.75 Å². The van der Waals surface area contributed by atoms with Crippen molar-refractivity contribution in [2.45, 2.75) is 29.2 Å². The van der Waals surface area contributed by atoms with Gasteiger partial charge in [-0.1, -0.05) is 30.0 Å². The molecule has 3 rings (SSSR count). The van der Waals surface area contributed by atoms with Crippen molar-refractivity contribution in [1.82, 2.24) is 19.1 Å². The van der Waals surface area contributed by atoms with Crippen LogP contribution in [0.1, 0.15) is 11.6 Å². The second-order valence-electron chi connectivity index (χ2n) is 6.31. The number of benzene rings is 1. The molecule has 0 saturated carbocycles. The maximum absolute atomic E-state index is 13.7. The van der Waals surface area contributed by atoms with E-state index < -0.39 is 15.8 Å². The molecule has 0 aliphatic heterocycles. The Morgan fingerprint density at radius 3 is 2.73 bits per heavy atom. The van der Waals surface area contributed by atoms with Crippen molar-refractivity contribution >= 4 is 21.8 Å². The van der Waals surface area contributed by atoms with Gasteiger partial charge in [-0.3, -0.25) is 4.57 Å². The average molecular weight is 453 g/mol. The van der Waals surface area contributed by atoms with E-state index in [0.29, 0.717) is 29.0 Å². The standard InChI is InChI=1S/C19H21FN4O4S2/c1-4-11-24-17(12-27-16-8-6-5-7-15(16)20)21-22-19(24)29-13-14-9-10-18(28-14)30(25,26)23(2)3/h4-10H,1,11-13H2,2-3H3. The number of ether oxygens (including phenoxy) is 1. The van der Waals surface area contributed by atoms with Crippen LogP contribution in [-0.2, 0) is 28.9 Å². The molecule has 2 aromatic heterocycles. The van der Waals surface area contributed by atoms with Crippen molar-refractivity contribution in [2.75, 3.05) is 14.1 Å². The molecule has 11 heteroatoms. The topological polar surface area (TPSA) is 90.5 Å². The van der Waals surface area contributed by atoms with Crippen molar-refractivity contribution in [3.05, 3.63) is 66.5 Å². The first-order valence-corrected chi connectivity index (χ1v) is 11.3. The van der Waals surface area contributed by atoms with Gasteiger partial charge in [0.15, 0.2) is 22.5 Å². The number of aromatic nitrogens is 3. The number of furan rings is 1. The van der Waals surface area contributed by atoms with Crippen LogP contribution in [0.5, 0.6) is 5.75 Å². The normalized spacial score (nSPS) is 11.7. The molecule has 3 aromatic rings. The van der Waals surface area contributed by atoms with Gasteiger partial charge in [0.25, 0.3) is 10.0 Å². The smallest absolute Gasteiger partial charge is 0.275 e. The summed E-state index contributed by atoms with van der Waals surface area (Å²) in [6.07, 6.45) is 1.69. The van der Waals surface area contributed by atoms with Gasteiger partial charge in [-0.05, 0) is 24.3 Å². The lowest BCUT2D eigenvalue weighted by Gasteiger charge is -2.09. The van der Waals surface area contributed by atoms with Crippen molar-refractivity contribution in [1.29, 1.82) is 0 Å². The molecule has 30 heavy (non-hydrogen) atoms. The van der Waals surface area contributed by atoms with E-state index in [0.717, 1.165) is 4.31 Å². The predicted octanol–water partition coefficient (Wildman–Crippen LogP) is 3.32. The number of hydrogen-bond donors (Lipinski definition) is 0. The van der Waals surface area contributed by atoms with Crippen LogP contribution >= 0.6 is 11.8 Å². The third-order valence-electron chi connectivity index (χ3n) is 4.01. The summed E-state index contributed by atoms with van der Waals surface area (Å²) in [4.78, 5) is 0. The summed E-state index contributed by atoms with van der Waals surface area (Å²) in [5.74, 6) is 1.02. The van der Waals surface area contributed by atoms with Crippen LogP contribution in [0.2, 0.25) is 0 Å². The predicted molar refractivity (Wildman–Crippen MR) is 110 cm³/mol. The fourth-order valence-corrected chi connectivity index (χ4v) is 4.11. The summed E-state index contributed by atoms with van der Waals surface area (Å²) < 4.78 is 51.8. The second kappa shape index (κ2) is 9.45. The monoisotopic (exact) mass is 452 g/mol. The summed E-state index contributed by atoms with van der Waals surface area (Å²) in [5, 5.41) is 8.74. The molecule has 0 N–H and O–H groups in total. The minimum Gasteiger partial charge on any atom is -0.483 e. The van der Waals surface area contributed by atoms with E-state index in [1.807, 2.05) is 0 Å². The number of sulfonamides is 1. The van der Waals surface area contributed by atoms with Gasteiger partial charge in [-0.15, -0.1) is 16.8 Å². The van der Waals surface area contributed by atoms with Crippen molar-refractivity contribution < 1.29 is 22.0 Å². The van der Waals surface area contributed by atoms with Gasteiger partial charge in [0, 0.05) is 20.6 Å². The lowest BCUT2D eigenvalue weighted by Crippen LogP contribution is -2.21. The van der Waals surface area contributed by atoms with Gasteiger partial charge in [0.1, 0.15) is 12.4 Å². The molecule has 0 aliphatic rings. The summed E-state index contributed by atoms with van der Waals surface area (Å²) >= 11 is 1.33. The fourth-order valence-electron chi connectivity index (χ4n) is 2.44. The maximum atomic E-state index is 13.7. The molecule has 0 atom stereocenters. The number of halogens is 1. The molecule has 0 bridgehead atoms. The number of thioether (sulfide) groups is 1. The van der Waals surface area contributed by atoms with E-state index in [1.165, 1.54) is 44.1 Å². The number of allylic oxidation sites excluding steroid dienone is 1. The van der Waals surface area contributed by atoms with Crippen LogP contribution in [0.4, 0.5) is 4.39 Å². The lowest BCUT2D eigenvalue weighted by atomic mass is 10.3. The van der Waals surface area contributed by atoms with E-state index in [4.69, 9.17) is 9.15 Å². The lowest BCUT2D eigenvalue weighted by molar-refractivity contribution is 0.275. The zero-order chi connectivity index (χ0) is 21.7. The molecule has 0 aliphatic carbocycles. The van der Waals surface area contributed by atoms with E-state index >= 15 is 0 Å². The van der Waals surface area contributed by atoms with Crippen LogP contribution in [0.25, 0.3) is 0 Å². The molecule has 0 radical (unpaired) electrons. The quantitative estimate of drug-likeness (QED) is 0.344. The van der Waals surface area contributed by atoms with E-state index in [9.17, 15) is 12.8 Å². The van der Waals surface area contributed by atoms with Gasteiger partial charge < -0.3 is 9.15 Å². The molecule has 0 saturated heterocycles. The highest BCUT2D eigenvalue weighted by Crippen LogP contribution is 2.26. The molecule has 0 spiro atoms. The number of para-hydroxylation sites is 1. The molecule has 8 nitrogen and oxygen atoms in total. The maximum Gasteiger partial charge on any atom is 0.275 e. The van der Waals surface area contributed by atoms with Gasteiger partial charge in [-0.2, -0.15) is 0 Å². The zero-order valence-electron chi connectivity index (χ0n) is 16.5. The number of nitrogens with zero attached hydrogens (tertiary/aromatic N) is 4. The highest BCUT2D eigenvalue weighted by atomic mass is 32.2. The number of hydrogen-bond acceptors (Lipinski definition) is 7. The highest BCUT2D eigenvalue weighted by molar-refractivity contribution is 7.98. The Kier molecular flexibility index (Phi) is 6.95. The van der Waals surface area contributed by atoms with Gasteiger partial charge >= 0.3 is 0 Å². The third-order valence-corrected chi connectivity index (χ3v) is 6.69. The Labute approximate surface area is 178 Å². The number of rotatable bonds is 10. The first kappa shape index (κ1) is 22.1. The Balaban J connectivity index is 1.70. The van der Waals surface area contributed by atoms with Gasteiger partial charge in [0.2, 0.25) is 5.09 Å². The molecular weight excluding hydrogens is 431 g/mol. The minimum atomic E-state index is -3.63. The second-order valence-corrected chi connectivity index (χ2v) is 9.34. The molecule has 1 aromatic carbocycles. The van der Waals surface area contributed by atoms with E-state index in [-0.39, 0.29) is 17.4 Å². The van der Waals surface area contributed by atoms with Crippen molar-refractivity contribution in [3.63, 3.8) is 0 Å². The molecule has 160 valence electrons. The SMILES string of the molecule is C=CCn1c(COc2ccccc2F)nnc1SCc1ccc(S(=O)(=O)N(C)C)o1. The van der Waals surface area contributed by atoms with Crippen molar-refractivity contribution in [2.24, 2.45) is 0 Å². The Hall–Kier alpha value is -2.63. The average Bonchev–Trinajstić information content (AvgIpc) is 3.34. The summed E-state index contributed by atoms with van der Waals surface area (Å²) in [5.41, 5.74) is 0. The molecular formula is C19H21FN4O4S2. The third kappa shape index (κ3) is 4.91. The molecule has 0 fully saturated rings. The van der Waals surface area contributed by atoms with Crippen molar-refractivity contribution in [3.8, 4) is 5.75 Å². The molecule has 0 amide bonds. The van der Waals surface area contributed by atoms with Crippen LogP contribution in [0.3, 0.4) is 0 Å². The fraction of sp³-hybridized carbons (Fsp3) is 0.263. The first-order valence-electron chi connectivity index (χ1n) is 8.87. The Bertz CT molecular complexity index is 1130. The zero-order valence-corrected chi connectivity index (χ0v) is 18.1. The Morgan fingerprint density at radius 2 is 2.03 bits per heavy atom. The molecule has 2 heterocycles. The minimum absolute atomic E-state index is 0.0360. The van der Waals surface area contributed by atoms with E-state index in [1.54, 1.807) is 28.8 Å². The van der Waals surface area contributed by atoms with Crippen LogP contribution < -0.4 is 4.74 Å². The van der Waals surface area contributed by atoms with Crippen LogP contribution in [0, 0.1) is 5.82 Å². The first-order chi connectivity index (χ1) is 14.3. The van der Waals surface area contributed by atoms with E-state index in [2.05, 4.69) is 16.8 Å². The Morgan fingerprint density at radius 1 is 1.27 bits per heavy atom. The highest BCUT2D eigenvalue weighted by Gasteiger charge is 2.22. The van der Waals surface area contributed by atoms with Crippen LogP contribution in [0.15, 0.2) is 63.7 Å². The summed E-state index contributed by atoms with van der Waals surface area (Å²) in [6, 6.07) is 9.16. The van der Waals surface area contributed by atoms with Gasteiger partial charge in [-0.25, -0.2) is 17.1 Å². The largest absolute Gasteiger partial charge is 0.483 e. The molecule has 0 unspecified atom stereocenters. The summed E-state index contributed by atoms with van der Waals surface area (Å²) in [6.45, 7) is 4.21. The summed E-state index contributed by atoms with van der Waals surface area (Å²) in [7, 11) is -0.746. The van der Waals surface area contributed by atoms with Crippen LogP contribution in [-0.4, -0.2) is 41.6 Å².